The molecular weight excluding hydrogens is 775 g/mol. The Kier molecular flexibility index (Phi) is 18.9. The maximum Gasteiger partial charge on any atom is 0.329 e. The van der Waals surface area contributed by atoms with Gasteiger partial charge in [-0.1, -0.05) is 52.3 Å². The number of amides is 1. The number of esters is 1. The molecule has 2 bridgehead atoms. The van der Waals surface area contributed by atoms with Gasteiger partial charge in [0, 0.05) is 52.1 Å². The molecule has 1 amide bonds. The van der Waals surface area contributed by atoms with E-state index in [0.717, 1.165) is 10.5 Å². The van der Waals surface area contributed by atoms with E-state index >= 15 is 0 Å². The number of aliphatic hydroxyl groups is 3. The molecule has 4 rings (SSSR count). The summed E-state index contributed by atoms with van der Waals surface area (Å²) in [5.74, 6) is -7.95. The van der Waals surface area contributed by atoms with Crippen LogP contribution in [0.5, 0.6) is 0 Å². The second-order valence-electron chi connectivity index (χ2n) is 18.1. The highest BCUT2D eigenvalue weighted by molar-refractivity contribution is 6.39. The minimum absolute atomic E-state index is 0.0141. The number of allylic oxidation sites excluding steroid dienone is 3. The van der Waals surface area contributed by atoms with Crippen LogP contribution in [-0.4, -0.2) is 132 Å². The Morgan fingerprint density at radius 2 is 1.57 bits per heavy atom. The van der Waals surface area contributed by atoms with Crippen LogP contribution in [-0.2, 0) is 47.6 Å². The maximum absolute atomic E-state index is 14.7. The van der Waals surface area contributed by atoms with Gasteiger partial charge in [-0.05, 0) is 102 Å². The number of carbonyl (C=O) groups is 4. The van der Waals surface area contributed by atoms with Crippen LogP contribution in [0.15, 0.2) is 23.3 Å². The Balaban J connectivity index is 1.83. The van der Waals surface area contributed by atoms with Crippen LogP contribution in [0.2, 0.25) is 0 Å². The van der Waals surface area contributed by atoms with Crippen LogP contribution in [0.3, 0.4) is 0 Å². The number of aliphatic hydroxyl groups excluding tert-OH is 2. The Labute approximate surface area is 357 Å². The molecule has 0 aromatic rings. The standard InChI is InChI=1S/C46H75NO13/c1-11-18-58-40-15-13-14-33-45(53)59-41(28(5)22-31-16-17-34(48)37(24-31)55-8)30(7)35(49)25-36(50)32(12-2)20-26(3)19-27(4)21-38(56-9)42-39(57-10)23-29(6)46(54,60-42)43(51)44(52)47(33)40/h20,22,27,29-35,37-42,48-49,54H,11-19,21,23-25H2,1-10H3/b26-20+,28-22+/t27-,29+,30+,31-,32+,33-,34+,35-,37+,38?,39-,40-,41?,42+,46+/m0/s1. The number of ether oxygens (including phenoxy) is 6. The lowest BCUT2D eigenvalue weighted by atomic mass is 9.81. The zero-order valence-electron chi connectivity index (χ0n) is 37.8. The fraction of sp³-hybridized carbons (Fsp3) is 0.826. The number of fused-ring (bicyclic) bond motifs is 3. The summed E-state index contributed by atoms with van der Waals surface area (Å²) in [7, 11) is 4.62. The smallest absolute Gasteiger partial charge is 0.329 e. The van der Waals surface area contributed by atoms with E-state index in [1.807, 2.05) is 46.8 Å². The topological polar surface area (TPSA) is 188 Å². The van der Waals surface area contributed by atoms with Crippen LogP contribution in [0.25, 0.3) is 0 Å². The summed E-state index contributed by atoms with van der Waals surface area (Å²) in [4.78, 5) is 58.9. The fourth-order valence-corrected chi connectivity index (χ4v) is 9.84. The highest BCUT2D eigenvalue weighted by Gasteiger charge is 2.57. The summed E-state index contributed by atoms with van der Waals surface area (Å²) in [6, 6.07) is -1.27. The molecule has 1 saturated carbocycles. The third kappa shape index (κ3) is 11.9. The number of ketones is 2. The van der Waals surface area contributed by atoms with Crippen molar-refractivity contribution in [3.63, 3.8) is 0 Å². The maximum atomic E-state index is 14.7. The minimum atomic E-state index is -2.57. The highest BCUT2D eigenvalue weighted by Crippen LogP contribution is 2.40. The average molecular weight is 850 g/mol. The van der Waals surface area contributed by atoms with Gasteiger partial charge in [-0.15, -0.1) is 0 Å². The van der Waals surface area contributed by atoms with E-state index in [0.29, 0.717) is 63.4 Å². The molecule has 15 atom stereocenters. The van der Waals surface area contributed by atoms with Crippen LogP contribution < -0.4 is 0 Å². The molecule has 4 aliphatic rings. The molecule has 0 aromatic carbocycles. The molecule has 14 nitrogen and oxygen atoms in total. The van der Waals surface area contributed by atoms with Gasteiger partial charge in [0.2, 0.25) is 5.79 Å². The van der Waals surface area contributed by atoms with Gasteiger partial charge in [0.25, 0.3) is 11.7 Å². The molecule has 14 heteroatoms. The number of nitrogens with zero attached hydrogens (tertiary/aromatic N) is 1. The van der Waals surface area contributed by atoms with Crippen LogP contribution in [0, 0.1) is 29.6 Å². The molecule has 342 valence electrons. The molecule has 3 heterocycles. The number of Topliss-reactive ketones (excluding diaryl/α,β-unsaturated/α-hetero) is 2. The monoisotopic (exact) mass is 850 g/mol. The molecule has 2 unspecified atom stereocenters. The number of piperidine rings is 1. The van der Waals surface area contributed by atoms with Gasteiger partial charge < -0.3 is 43.7 Å². The van der Waals surface area contributed by atoms with Gasteiger partial charge in [0.05, 0.1) is 30.5 Å². The zero-order valence-corrected chi connectivity index (χ0v) is 37.8. The number of methoxy groups -OCH3 is 3. The number of hydrogen-bond acceptors (Lipinski definition) is 13. The predicted octanol–water partition coefficient (Wildman–Crippen LogP) is 5.23. The third-order valence-electron chi connectivity index (χ3n) is 13.5. The van der Waals surface area contributed by atoms with E-state index in [2.05, 4.69) is 0 Å². The van der Waals surface area contributed by atoms with E-state index < -0.39 is 90.1 Å². The zero-order chi connectivity index (χ0) is 44.5. The Morgan fingerprint density at radius 3 is 2.20 bits per heavy atom. The van der Waals surface area contributed by atoms with Crippen LogP contribution in [0.1, 0.15) is 126 Å². The number of hydrogen-bond donors (Lipinski definition) is 3. The van der Waals surface area contributed by atoms with Crippen molar-refractivity contribution in [3.8, 4) is 0 Å². The molecule has 0 aromatic heterocycles. The Hall–Kier alpha value is -2.56. The third-order valence-corrected chi connectivity index (χ3v) is 13.5. The summed E-state index contributed by atoms with van der Waals surface area (Å²) in [5, 5.41) is 34.5. The van der Waals surface area contributed by atoms with Crippen molar-refractivity contribution in [1.82, 2.24) is 4.90 Å². The molecule has 0 spiro atoms. The van der Waals surface area contributed by atoms with Crippen molar-refractivity contribution in [2.24, 2.45) is 29.6 Å². The Morgan fingerprint density at radius 1 is 0.900 bits per heavy atom. The first-order valence-electron chi connectivity index (χ1n) is 22.4. The molecule has 3 fully saturated rings. The summed E-state index contributed by atoms with van der Waals surface area (Å²) in [6.07, 6.45) is 2.59. The van der Waals surface area contributed by atoms with Crippen molar-refractivity contribution in [1.29, 1.82) is 0 Å². The average Bonchev–Trinajstić information content (AvgIpc) is 3.22. The Bertz CT molecular complexity index is 1520. The van der Waals surface area contributed by atoms with E-state index in [1.54, 1.807) is 21.0 Å². The lowest BCUT2D eigenvalue weighted by Gasteiger charge is -2.47. The van der Waals surface area contributed by atoms with Gasteiger partial charge in [0.1, 0.15) is 30.3 Å². The summed E-state index contributed by atoms with van der Waals surface area (Å²) in [6.45, 7) is 13.3. The van der Waals surface area contributed by atoms with E-state index in [1.165, 1.54) is 14.2 Å². The molecule has 60 heavy (non-hydrogen) atoms. The fourth-order valence-electron chi connectivity index (χ4n) is 9.84. The quantitative estimate of drug-likeness (QED) is 0.156. The second-order valence-corrected chi connectivity index (χ2v) is 18.1. The predicted molar refractivity (Wildman–Crippen MR) is 223 cm³/mol. The lowest BCUT2D eigenvalue weighted by Crippen LogP contribution is -2.65. The first-order chi connectivity index (χ1) is 28.4. The minimum Gasteiger partial charge on any atom is -0.456 e. The van der Waals surface area contributed by atoms with Crippen molar-refractivity contribution in [2.75, 3.05) is 27.9 Å². The largest absolute Gasteiger partial charge is 0.456 e. The lowest BCUT2D eigenvalue weighted by molar-refractivity contribution is -0.303. The highest BCUT2D eigenvalue weighted by atomic mass is 16.7. The summed E-state index contributed by atoms with van der Waals surface area (Å²) < 4.78 is 36.1. The molecule has 0 radical (unpaired) electrons. The van der Waals surface area contributed by atoms with Crippen molar-refractivity contribution >= 4 is 23.4 Å². The number of carbonyl (C=O) groups excluding carboxylic acids is 4. The number of cyclic esters (lactones) is 1. The van der Waals surface area contributed by atoms with Gasteiger partial charge in [0.15, 0.2) is 0 Å². The SMILES string of the molecule is CCCO[C@H]1CCC[C@H]2C(=O)OC(/C(C)=C/[C@@H]3CC[C@@H](O)[C@H](OC)C3)[C@H](C)[C@@H](O)CC(=O)[C@H](CC)/C=C(\C)C[C@H](C)CC(OC)[C@H]3O[C@@](O)(C(=O)C(=O)N12)[C@H](C)C[C@@H]3OC. The number of rotatable bonds is 9. The molecular formula is C46H75NO13. The van der Waals surface area contributed by atoms with Crippen molar-refractivity contribution < 1.29 is 62.9 Å². The normalized spacial score (nSPS) is 40.9. The van der Waals surface area contributed by atoms with Gasteiger partial charge in [-0.25, -0.2) is 4.79 Å². The van der Waals surface area contributed by atoms with Crippen LogP contribution >= 0.6 is 0 Å². The van der Waals surface area contributed by atoms with Gasteiger partial charge in [-0.3, -0.25) is 19.3 Å². The van der Waals surface area contributed by atoms with Crippen LogP contribution in [0.4, 0.5) is 0 Å². The van der Waals surface area contributed by atoms with Gasteiger partial charge in [-0.2, -0.15) is 0 Å². The molecule has 2 saturated heterocycles. The summed E-state index contributed by atoms with van der Waals surface area (Å²) >= 11 is 0. The first-order valence-corrected chi connectivity index (χ1v) is 22.4. The van der Waals surface area contributed by atoms with Crippen molar-refractivity contribution in [2.45, 2.75) is 186 Å². The van der Waals surface area contributed by atoms with Crippen molar-refractivity contribution in [3.05, 3.63) is 23.3 Å². The van der Waals surface area contributed by atoms with E-state index in [-0.39, 0.29) is 49.6 Å². The molecule has 1 aliphatic carbocycles. The van der Waals surface area contributed by atoms with Gasteiger partial charge >= 0.3 is 5.97 Å². The molecule has 3 aliphatic heterocycles. The van der Waals surface area contributed by atoms with E-state index in [9.17, 15) is 34.5 Å². The molecule has 3 N–H and O–H groups in total. The second kappa shape index (κ2) is 22.7. The van der Waals surface area contributed by atoms with E-state index in [4.69, 9.17) is 28.4 Å². The first kappa shape index (κ1) is 50.1. The summed E-state index contributed by atoms with van der Waals surface area (Å²) in [5.41, 5.74) is 1.63.